The number of halogens is 3. The van der Waals surface area contributed by atoms with Gasteiger partial charge < -0.3 is 9.45 Å². The number of rotatable bonds is 5. The molecule has 4 rings (SSSR count). The fourth-order valence-corrected chi connectivity index (χ4v) is 4.53. The summed E-state index contributed by atoms with van der Waals surface area (Å²) in [6, 6.07) is 14.2. The quantitative estimate of drug-likeness (QED) is 0.503. The topological polar surface area (TPSA) is 64.1 Å². The van der Waals surface area contributed by atoms with Gasteiger partial charge in [-0.25, -0.2) is 4.98 Å². The lowest BCUT2D eigenvalue weighted by Gasteiger charge is -2.27. The van der Waals surface area contributed by atoms with E-state index in [9.17, 15) is 17.7 Å². The summed E-state index contributed by atoms with van der Waals surface area (Å²) in [4.78, 5) is 10.8. The van der Waals surface area contributed by atoms with Crippen LogP contribution >= 0.6 is 0 Å². The number of pyridine rings is 2. The van der Waals surface area contributed by atoms with Crippen molar-refractivity contribution in [3.63, 3.8) is 0 Å². The molecular formula is C23H23F3N4OS. The molecule has 0 radical (unpaired) electrons. The lowest BCUT2D eigenvalue weighted by molar-refractivity contribution is -0.137. The third-order valence-electron chi connectivity index (χ3n) is 5.38. The van der Waals surface area contributed by atoms with Crippen molar-refractivity contribution < 1.29 is 17.7 Å². The highest BCUT2D eigenvalue weighted by Crippen LogP contribution is 2.38. The van der Waals surface area contributed by atoms with Gasteiger partial charge in [0.2, 0.25) is 0 Å². The van der Waals surface area contributed by atoms with Gasteiger partial charge in [-0.2, -0.15) is 22.9 Å². The minimum Gasteiger partial charge on any atom is -0.587 e. The normalized spacial score (nSPS) is 15.5. The van der Waals surface area contributed by atoms with E-state index in [-0.39, 0.29) is 11.5 Å². The highest BCUT2D eigenvalue weighted by atomic mass is 32.2. The summed E-state index contributed by atoms with van der Waals surface area (Å²) < 4.78 is 56.4. The van der Waals surface area contributed by atoms with Gasteiger partial charge in [-0.15, -0.1) is 0 Å². The van der Waals surface area contributed by atoms with Gasteiger partial charge in [0.1, 0.15) is 17.2 Å². The number of hydrogen-bond donors (Lipinski definition) is 1. The largest absolute Gasteiger partial charge is 0.587 e. The number of piperidine rings is 1. The summed E-state index contributed by atoms with van der Waals surface area (Å²) in [5.41, 5.74) is 0.000120. The van der Waals surface area contributed by atoms with Gasteiger partial charge in [-0.1, -0.05) is 30.3 Å². The molecule has 1 unspecified atom stereocenters. The molecule has 0 saturated carbocycles. The van der Waals surface area contributed by atoms with Crippen molar-refractivity contribution in [3.05, 3.63) is 65.7 Å². The number of nitrogens with one attached hydrogen (secondary N) is 1. The Morgan fingerprint density at radius 3 is 2.41 bits per heavy atom. The Bertz CT molecular complexity index is 1090. The standard InChI is InChI=1S/C23H23F3N4OS/c1-16-8-3-4-9-17(16)22-18(23(24,25)26)12-13-19(27-22)29-32(31)21-11-7-10-20(28-21)30-14-5-2-6-15-30/h3-4,7-13H,2,5-6,14-15H2,1H3,(H,27,29). The highest BCUT2D eigenvalue weighted by molar-refractivity contribution is 7.92. The van der Waals surface area contributed by atoms with Crippen LogP contribution in [0.3, 0.4) is 0 Å². The molecule has 1 saturated heterocycles. The van der Waals surface area contributed by atoms with Gasteiger partial charge >= 0.3 is 6.18 Å². The molecule has 5 nitrogen and oxygen atoms in total. The van der Waals surface area contributed by atoms with Gasteiger partial charge in [0.05, 0.1) is 11.3 Å². The Kier molecular flexibility index (Phi) is 6.57. The Hall–Kier alpha value is -2.78. The molecule has 1 N–H and O–H groups in total. The molecule has 2 aromatic heterocycles. The number of nitrogens with zero attached hydrogens (tertiary/aromatic N) is 3. The van der Waals surface area contributed by atoms with Crippen molar-refractivity contribution in [2.75, 3.05) is 22.7 Å². The van der Waals surface area contributed by atoms with E-state index in [0.717, 1.165) is 37.8 Å². The maximum absolute atomic E-state index is 13.6. The number of anilines is 2. The van der Waals surface area contributed by atoms with E-state index < -0.39 is 23.1 Å². The molecule has 3 heterocycles. The molecule has 1 aliphatic rings. The molecule has 1 aliphatic heterocycles. The van der Waals surface area contributed by atoms with E-state index in [4.69, 9.17) is 0 Å². The van der Waals surface area contributed by atoms with Crippen molar-refractivity contribution in [2.45, 2.75) is 37.4 Å². The first-order valence-electron chi connectivity index (χ1n) is 10.4. The number of aromatic nitrogens is 2. The van der Waals surface area contributed by atoms with E-state index >= 15 is 0 Å². The molecule has 32 heavy (non-hydrogen) atoms. The molecular weight excluding hydrogens is 437 g/mol. The lowest BCUT2D eigenvalue weighted by atomic mass is 10.0. The molecule has 0 bridgehead atoms. The maximum atomic E-state index is 13.6. The first-order chi connectivity index (χ1) is 15.3. The number of alkyl halides is 3. The van der Waals surface area contributed by atoms with Gasteiger partial charge in [0.15, 0.2) is 5.82 Å². The summed E-state index contributed by atoms with van der Waals surface area (Å²) in [7, 11) is 0. The molecule has 9 heteroatoms. The lowest BCUT2D eigenvalue weighted by Crippen LogP contribution is -2.30. The van der Waals surface area contributed by atoms with Crippen LogP contribution in [-0.2, 0) is 17.5 Å². The zero-order valence-electron chi connectivity index (χ0n) is 17.5. The van der Waals surface area contributed by atoms with Gasteiger partial charge in [-0.05, 0) is 49.9 Å². The molecule has 168 valence electrons. The van der Waals surface area contributed by atoms with Crippen LogP contribution in [0.25, 0.3) is 11.3 Å². The number of hydrogen-bond acceptors (Lipinski definition) is 5. The number of benzene rings is 1. The van der Waals surface area contributed by atoms with Crippen molar-refractivity contribution in [1.29, 1.82) is 0 Å². The monoisotopic (exact) mass is 460 g/mol. The van der Waals surface area contributed by atoms with Gasteiger partial charge in [-0.3, -0.25) is 0 Å². The first kappa shape index (κ1) is 22.4. The second kappa shape index (κ2) is 9.38. The summed E-state index contributed by atoms with van der Waals surface area (Å²) in [6.07, 6.45) is -1.20. The van der Waals surface area contributed by atoms with Crippen LogP contribution < -0.4 is 9.62 Å². The van der Waals surface area contributed by atoms with Crippen LogP contribution in [0.5, 0.6) is 0 Å². The van der Waals surface area contributed by atoms with Crippen molar-refractivity contribution >= 4 is 23.0 Å². The summed E-state index contributed by atoms with van der Waals surface area (Å²) >= 11 is -1.78. The fourth-order valence-electron chi connectivity index (χ4n) is 3.74. The Labute approximate surface area is 188 Å². The molecule has 1 atom stereocenters. The highest BCUT2D eigenvalue weighted by Gasteiger charge is 2.35. The Balaban J connectivity index is 1.62. The zero-order valence-corrected chi connectivity index (χ0v) is 18.3. The van der Waals surface area contributed by atoms with E-state index in [1.165, 1.54) is 12.5 Å². The third kappa shape index (κ3) is 4.99. The van der Waals surface area contributed by atoms with Gasteiger partial charge in [0, 0.05) is 24.7 Å². The molecule has 0 aliphatic carbocycles. The van der Waals surface area contributed by atoms with Crippen molar-refractivity contribution in [1.82, 2.24) is 9.97 Å². The summed E-state index contributed by atoms with van der Waals surface area (Å²) in [6.45, 7) is 3.53. The minimum absolute atomic E-state index is 0.0831. The predicted molar refractivity (Wildman–Crippen MR) is 120 cm³/mol. The first-order valence-corrected chi connectivity index (χ1v) is 11.5. The number of aryl methyl sites for hydroxylation is 1. The second-order valence-electron chi connectivity index (χ2n) is 7.66. The molecule has 1 aromatic carbocycles. The van der Waals surface area contributed by atoms with E-state index in [2.05, 4.69) is 19.6 Å². The van der Waals surface area contributed by atoms with Crippen LogP contribution in [0.15, 0.2) is 59.6 Å². The predicted octanol–water partition coefficient (Wildman–Crippen LogP) is 5.60. The van der Waals surface area contributed by atoms with Crippen LogP contribution in [0.4, 0.5) is 24.8 Å². The molecule has 0 spiro atoms. The zero-order chi connectivity index (χ0) is 22.7. The Morgan fingerprint density at radius 2 is 1.69 bits per heavy atom. The van der Waals surface area contributed by atoms with Crippen molar-refractivity contribution in [2.24, 2.45) is 0 Å². The summed E-state index contributed by atoms with van der Waals surface area (Å²) in [5.74, 6) is 0.832. The average molecular weight is 461 g/mol. The average Bonchev–Trinajstić information content (AvgIpc) is 2.79. The molecule has 1 fully saturated rings. The van der Waals surface area contributed by atoms with Crippen molar-refractivity contribution in [3.8, 4) is 11.3 Å². The Morgan fingerprint density at radius 1 is 0.938 bits per heavy atom. The smallest absolute Gasteiger partial charge is 0.418 e. The van der Waals surface area contributed by atoms with Crippen LogP contribution in [0, 0.1) is 6.92 Å². The maximum Gasteiger partial charge on any atom is 0.418 e. The van der Waals surface area contributed by atoms with E-state index in [0.29, 0.717) is 16.2 Å². The SMILES string of the molecule is Cc1ccccc1-c1nc(N[S+]([O-])c2cccc(N3CCCCC3)n2)ccc1C(F)(F)F. The summed E-state index contributed by atoms with van der Waals surface area (Å²) in [5, 5.41) is 0.298. The minimum atomic E-state index is -4.56. The van der Waals surface area contributed by atoms with Crippen LogP contribution in [-0.4, -0.2) is 27.6 Å². The van der Waals surface area contributed by atoms with Crippen LogP contribution in [0.2, 0.25) is 0 Å². The second-order valence-corrected chi connectivity index (χ2v) is 8.82. The fraction of sp³-hybridized carbons (Fsp3) is 0.304. The molecule has 0 amide bonds. The third-order valence-corrected chi connectivity index (χ3v) is 6.38. The van der Waals surface area contributed by atoms with Crippen LogP contribution in [0.1, 0.15) is 30.4 Å². The van der Waals surface area contributed by atoms with E-state index in [1.54, 1.807) is 43.3 Å². The van der Waals surface area contributed by atoms with E-state index in [1.807, 2.05) is 6.07 Å². The van der Waals surface area contributed by atoms with Gasteiger partial charge in [0.25, 0.3) is 5.03 Å². The molecule has 3 aromatic rings.